The van der Waals surface area contributed by atoms with Gasteiger partial charge in [0.1, 0.15) is 6.04 Å². The van der Waals surface area contributed by atoms with Crippen molar-refractivity contribution in [3.8, 4) is 11.5 Å². The Morgan fingerprint density at radius 1 is 1.24 bits per heavy atom. The Kier molecular flexibility index (Phi) is 3.39. The zero-order chi connectivity index (χ0) is 14.8. The summed E-state index contributed by atoms with van der Waals surface area (Å²) in [6.45, 7) is 0. The molecule has 1 saturated heterocycles. The van der Waals surface area contributed by atoms with Crippen LogP contribution in [0.5, 0.6) is 11.5 Å². The molecule has 0 aromatic heterocycles. The molecule has 3 rings (SSSR count). The van der Waals surface area contributed by atoms with Gasteiger partial charge >= 0.3 is 5.97 Å². The number of benzene rings is 2. The number of para-hydroxylation sites is 1. The molecule has 2 aromatic carbocycles. The molecule has 1 aliphatic heterocycles. The first-order valence-electron chi connectivity index (χ1n) is 6.61. The number of hydroxylamine groups is 1. The fourth-order valence-corrected chi connectivity index (χ4v) is 2.41. The van der Waals surface area contributed by atoms with Crippen molar-refractivity contribution in [1.82, 2.24) is 0 Å². The zero-order valence-electron chi connectivity index (χ0n) is 11.5. The Morgan fingerprint density at radius 3 is 2.71 bits per heavy atom. The van der Waals surface area contributed by atoms with Gasteiger partial charge in [-0.1, -0.05) is 24.3 Å². The first-order valence-corrected chi connectivity index (χ1v) is 6.61. The van der Waals surface area contributed by atoms with E-state index in [-0.39, 0.29) is 24.2 Å². The lowest BCUT2D eigenvalue weighted by atomic mass is 10.0. The highest BCUT2D eigenvalue weighted by Crippen LogP contribution is 2.38. The molecule has 0 radical (unpaired) electrons. The van der Waals surface area contributed by atoms with Crippen LogP contribution in [0, 0.1) is 0 Å². The topological polar surface area (TPSA) is 59.0 Å². The summed E-state index contributed by atoms with van der Waals surface area (Å²) in [6, 6.07) is 14.2. The van der Waals surface area contributed by atoms with Crippen molar-refractivity contribution in [3.63, 3.8) is 0 Å². The first-order chi connectivity index (χ1) is 10.2. The Balaban J connectivity index is 1.97. The van der Waals surface area contributed by atoms with Crippen LogP contribution in [0.15, 0.2) is 48.5 Å². The number of phenols is 1. The number of ether oxygens (including phenoxy) is 1. The number of rotatable bonds is 3. The standard InChI is InChI=1S/C16H15NO4/c1-20-15-9-11(7-8-14(15)18)13-10-16(19)21-17(13)12-5-3-2-4-6-12/h2-9,13,18H,10H2,1H3. The van der Waals surface area contributed by atoms with Crippen LogP contribution >= 0.6 is 0 Å². The Hall–Kier alpha value is -2.69. The molecule has 1 fully saturated rings. The average Bonchev–Trinajstić information content (AvgIpc) is 2.90. The molecule has 0 spiro atoms. The minimum absolute atomic E-state index is 0.0674. The highest BCUT2D eigenvalue weighted by molar-refractivity contribution is 5.76. The molecule has 21 heavy (non-hydrogen) atoms. The van der Waals surface area contributed by atoms with E-state index in [0.29, 0.717) is 5.75 Å². The summed E-state index contributed by atoms with van der Waals surface area (Å²) in [6.07, 6.45) is 0.253. The molecule has 5 heteroatoms. The third kappa shape index (κ3) is 2.50. The van der Waals surface area contributed by atoms with E-state index in [1.807, 2.05) is 30.3 Å². The van der Waals surface area contributed by atoms with Crippen molar-refractivity contribution >= 4 is 11.7 Å². The van der Waals surface area contributed by atoms with Crippen molar-refractivity contribution in [2.75, 3.05) is 12.2 Å². The zero-order valence-corrected chi connectivity index (χ0v) is 11.5. The molecule has 0 amide bonds. The second kappa shape index (κ2) is 5.36. The number of phenolic OH excluding ortho intramolecular Hbond substituents is 1. The van der Waals surface area contributed by atoms with Gasteiger partial charge in [0.15, 0.2) is 11.5 Å². The molecular formula is C16H15NO4. The maximum atomic E-state index is 11.7. The van der Waals surface area contributed by atoms with Crippen molar-refractivity contribution in [2.45, 2.75) is 12.5 Å². The van der Waals surface area contributed by atoms with Crippen LogP contribution in [-0.4, -0.2) is 18.2 Å². The van der Waals surface area contributed by atoms with Gasteiger partial charge in [0, 0.05) is 0 Å². The van der Waals surface area contributed by atoms with Gasteiger partial charge in [-0.25, -0.2) is 4.79 Å². The number of carbonyl (C=O) groups is 1. The number of carbonyl (C=O) groups excluding carboxylic acids is 1. The Labute approximate surface area is 122 Å². The number of methoxy groups -OCH3 is 1. The van der Waals surface area contributed by atoms with E-state index < -0.39 is 0 Å². The van der Waals surface area contributed by atoms with Crippen LogP contribution in [0.2, 0.25) is 0 Å². The normalized spacial score (nSPS) is 17.7. The van der Waals surface area contributed by atoms with Crippen LogP contribution < -0.4 is 9.80 Å². The molecular weight excluding hydrogens is 270 g/mol. The summed E-state index contributed by atoms with van der Waals surface area (Å²) >= 11 is 0. The minimum atomic E-state index is -0.282. The van der Waals surface area contributed by atoms with E-state index >= 15 is 0 Å². The molecule has 0 aliphatic carbocycles. The summed E-state index contributed by atoms with van der Waals surface area (Å²) in [5.74, 6) is 0.161. The van der Waals surface area contributed by atoms with Crippen LogP contribution in [0.1, 0.15) is 18.0 Å². The van der Waals surface area contributed by atoms with Gasteiger partial charge in [0.05, 0.1) is 19.2 Å². The second-order valence-corrected chi connectivity index (χ2v) is 4.78. The number of nitrogens with zero attached hydrogens (tertiary/aromatic N) is 1. The highest BCUT2D eigenvalue weighted by atomic mass is 16.7. The Morgan fingerprint density at radius 2 is 2.00 bits per heavy atom. The molecule has 0 bridgehead atoms. The van der Waals surface area contributed by atoms with E-state index in [1.54, 1.807) is 23.3 Å². The first kappa shape index (κ1) is 13.3. The number of hydrogen-bond acceptors (Lipinski definition) is 5. The summed E-state index contributed by atoms with van der Waals surface area (Å²) < 4.78 is 5.12. The summed E-state index contributed by atoms with van der Waals surface area (Å²) in [5, 5.41) is 11.3. The predicted molar refractivity (Wildman–Crippen MR) is 77.0 cm³/mol. The fourth-order valence-electron chi connectivity index (χ4n) is 2.41. The lowest BCUT2D eigenvalue weighted by Gasteiger charge is -2.23. The van der Waals surface area contributed by atoms with Crippen LogP contribution in [0.3, 0.4) is 0 Å². The summed E-state index contributed by atoms with van der Waals surface area (Å²) in [7, 11) is 1.49. The molecule has 5 nitrogen and oxygen atoms in total. The summed E-state index contributed by atoms with van der Waals surface area (Å²) in [5.41, 5.74) is 1.65. The molecule has 1 unspecified atom stereocenters. The quantitative estimate of drug-likeness (QED) is 0.939. The van der Waals surface area contributed by atoms with Crippen LogP contribution in [0.4, 0.5) is 5.69 Å². The molecule has 1 atom stereocenters. The van der Waals surface area contributed by atoms with E-state index in [0.717, 1.165) is 11.3 Å². The monoisotopic (exact) mass is 285 g/mol. The number of hydrogen-bond donors (Lipinski definition) is 1. The molecule has 108 valence electrons. The molecule has 0 saturated carbocycles. The predicted octanol–water partition coefficient (Wildman–Crippen LogP) is 2.81. The van der Waals surface area contributed by atoms with Crippen molar-refractivity contribution in [3.05, 3.63) is 54.1 Å². The van der Waals surface area contributed by atoms with Gasteiger partial charge < -0.3 is 14.7 Å². The maximum absolute atomic E-state index is 11.7. The van der Waals surface area contributed by atoms with Gasteiger partial charge in [-0.15, -0.1) is 0 Å². The Bertz CT molecular complexity index is 657. The largest absolute Gasteiger partial charge is 0.504 e. The number of aromatic hydroxyl groups is 1. The third-order valence-corrected chi connectivity index (χ3v) is 3.44. The molecule has 2 aromatic rings. The molecule has 1 N–H and O–H groups in total. The van der Waals surface area contributed by atoms with Crippen LogP contribution in [-0.2, 0) is 9.63 Å². The lowest BCUT2D eigenvalue weighted by Crippen LogP contribution is -2.21. The van der Waals surface area contributed by atoms with Gasteiger partial charge in [-0.05, 0) is 29.8 Å². The van der Waals surface area contributed by atoms with Crippen molar-refractivity contribution in [1.29, 1.82) is 0 Å². The van der Waals surface area contributed by atoms with Crippen molar-refractivity contribution < 1.29 is 19.5 Å². The van der Waals surface area contributed by atoms with Gasteiger partial charge in [-0.3, -0.25) is 0 Å². The average molecular weight is 285 g/mol. The van der Waals surface area contributed by atoms with E-state index in [2.05, 4.69) is 0 Å². The van der Waals surface area contributed by atoms with E-state index in [4.69, 9.17) is 9.57 Å². The minimum Gasteiger partial charge on any atom is -0.504 e. The number of anilines is 1. The fraction of sp³-hybridized carbons (Fsp3) is 0.188. The lowest BCUT2D eigenvalue weighted by molar-refractivity contribution is -0.139. The van der Waals surface area contributed by atoms with Gasteiger partial charge in [0.25, 0.3) is 0 Å². The van der Waals surface area contributed by atoms with Gasteiger partial charge in [0.2, 0.25) is 0 Å². The SMILES string of the molecule is COc1cc(C2CC(=O)ON2c2ccccc2)ccc1O. The van der Waals surface area contributed by atoms with E-state index in [9.17, 15) is 9.90 Å². The maximum Gasteiger partial charge on any atom is 0.334 e. The van der Waals surface area contributed by atoms with Gasteiger partial charge in [-0.2, -0.15) is 5.06 Å². The van der Waals surface area contributed by atoms with Crippen LogP contribution in [0.25, 0.3) is 0 Å². The highest BCUT2D eigenvalue weighted by Gasteiger charge is 2.34. The smallest absolute Gasteiger partial charge is 0.334 e. The third-order valence-electron chi connectivity index (χ3n) is 3.44. The van der Waals surface area contributed by atoms with Crippen molar-refractivity contribution in [2.24, 2.45) is 0 Å². The molecule has 1 aliphatic rings. The molecule has 1 heterocycles. The van der Waals surface area contributed by atoms with E-state index in [1.165, 1.54) is 7.11 Å². The second-order valence-electron chi connectivity index (χ2n) is 4.78. The summed E-state index contributed by atoms with van der Waals surface area (Å²) in [4.78, 5) is 17.0.